The van der Waals surface area contributed by atoms with E-state index in [0.29, 0.717) is 0 Å². The molecule has 1 saturated heterocycles. The molecule has 0 atom stereocenters. The van der Waals surface area contributed by atoms with Crippen molar-refractivity contribution in [3.63, 3.8) is 0 Å². The number of fused-ring (bicyclic) bond motifs is 3. The SMILES string of the molecule is CC1(C)CB(c2ccc3cc(-c4ccccc4)c4ccccc4c3c2)OC1(C)C. The Balaban J connectivity index is 1.69. The average molecular weight is 378 g/mol. The molecule has 1 fully saturated rings. The fraction of sp³-hybridized carbons (Fsp3) is 0.259. The molecule has 0 aromatic heterocycles. The van der Waals surface area contributed by atoms with Crippen LogP contribution in [0.15, 0.2) is 78.9 Å². The lowest BCUT2D eigenvalue weighted by atomic mass is 9.54. The van der Waals surface area contributed by atoms with Gasteiger partial charge in [-0.1, -0.05) is 86.6 Å². The number of benzene rings is 4. The van der Waals surface area contributed by atoms with Crippen molar-refractivity contribution in [2.24, 2.45) is 5.41 Å². The molecule has 144 valence electrons. The molecule has 5 rings (SSSR count). The van der Waals surface area contributed by atoms with Gasteiger partial charge in [-0.25, -0.2) is 0 Å². The lowest BCUT2D eigenvalue weighted by Crippen LogP contribution is -2.36. The van der Waals surface area contributed by atoms with Gasteiger partial charge in [-0.05, 0) is 69.8 Å². The standard InChI is InChI=1S/C27H27BO/c1-26(2)18-28(29-27(26,3)4)21-15-14-20-16-24(19-10-6-5-7-11-19)22-12-8-9-13-23(22)25(20)17-21/h5-17H,18H2,1-4H3. The molecule has 0 radical (unpaired) electrons. The summed E-state index contributed by atoms with van der Waals surface area (Å²) in [6.07, 6.45) is 1.05. The first-order valence-corrected chi connectivity index (χ1v) is 10.5. The summed E-state index contributed by atoms with van der Waals surface area (Å²) in [5.41, 5.74) is 3.88. The molecule has 0 amide bonds. The van der Waals surface area contributed by atoms with E-state index < -0.39 is 0 Å². The normalized spacial score (nSPS) is 17.9. The number of hydrogen-bond donors (Lipinski definition) is 0. The average Bonchev–Trinajstić information content (AvgIpc) is 2.95. The summed E-state index contributed by atoms with van der Waals surface area (Å²) < 4.78 is 6.50. The summed E-state index contributed by atoms with van der Waals surface area (Å²) in [7, 11) is 0. The van der Waals surface area contributed by atoms with Gasteiger partial charge < -0.3 is 4.65 Å². The fourth-order valence-electron chi connectivity index (χ4n) is 4.63. The highest BCUT2D eigenvalue weighted by molar-refractivity contribution is 6.68. The zero-order valence-corrected chi connectivity index (χ0v) is 17.7. The van der Waals surface area contributed by atoms with Gasteiger partial charge >= 0.3 is 6.92 Å². The van der Waals surface area contributed by atoms with Crippen LogP contribution in [0.25, 0.3) is 32.7 Å². The summed E-state index contributed by atoms with van der Waals surface area (Å²) in [5.74, 6) is 0. The van der Waals surface area contributed by atoms with Gasteiger partial charge in [0, 0.05) is 0 Å². The monoisotopic (exact) mass is 378 g/mol. The molecule has 1 aliphatic heterocycles. The van der Waals surface area contributed by atoms with E-state index >= 15 is 0 Å². The summed E-state index contributed by atoms with van der Waals surface area (Å²) in [4.78, 5) is 0. The summed E-state index contributed by atoms with van der Waals surface area (Å²) in [6, 6.07) is 28.7. The van der Waals surface area contributed by atoms with Crippen molar-refractivity contribution in [3.05, 3.63) is 78.9 Å². The molecule has 2 heteroatoms. The minimum Gasteiger partial charge on any atom is -0.426 e. The van der Waals surface area contributed by atoms with Gasteiger partial charge in [-0.15, -0.1) is 0 Å². The van der Waals surface area contributed by atoms with Gasteiger partial charge in [-0.3, -0.25) is 0 Å². The minimum atomic E-state index is -0.119. The lowest BCUT2D eigenvalue weighted by molar-refractivity contribution is 0.0375. The van der Waals surface area contributed by atoms with Gasteiger partial charge in [0.05, 0.1) is 5.60 Å². The maximum Gasteiger partial charge on any atom is 0.327 e. The van der Waals surface area contributed by atoms with Crippen LogP contribution in [0.3, 0.4) is 0 Å². The topological polar surface area (TPSA) is 9.23 Å². The van der Waals surface area contributed by atoms with E-state index in [4.69, 9.17) is 4.65 Å². The Morgan fingerprint density at radius 1 is 0.724 bits per heavy atom. The van der Waals surface area contributed by atoms with Crippen LogP contribution in [0.5, 0.6) is 0 Å². The third kappa shape index (κ3) is 2.98. The van der Waals surface area contributed by atoms with E-state index in [0.717, 1.165) is 6.32 Å². The summed E-state index contributed by atoms with van der Waals surface area (Å²) in [6.45, 7) is 9.22. The zero-order chi connectivity index (χ0) is 20.2. The van der Waals surface area contributed by atoms with E-state index in [1.807, 2.05) is 0 Å². The highest BCUT2D eigenvalue weighted by Gasteiger charge is 2.49. The number of hydrogen-bond acceptors (Lipinski definition) is 1. The van der Waals surface area contributed by atoms with Crippen molar-refractivity contribution >= 4 is 33.9 Å². The minimum absolute atomic E-state index is 0.119. The molecule has 0 bridgehead atoms. The first-order valence-electron chi connectivity index (χ1n) is 10.5. The van der Waals surface area contributed by atoms with Crippen molar-refractivity contribution in [2.75, 3.05) is 0 Å². The van der Waals surface area contributed by atoms with E-state index in [2.05, 4.69) is 107 Å². The Kier molecular flexibility index (Phi) is 4.12. The Bertz CT molecular complexity index is 1190. The van der Waals surface area contributed by atoms with E-state index in [9.17, 15) is 0 Å². The van der Waals surface area contributed by atoms with Crippen LogP contribution in [0.1, 0.15) is 27.7 Å². The third-order valence-electron chi connectivity index (χ3n) is 7.10. The molecule has 0 saturated carbocycles. The van der Waals surface area contributed by atoms with Gasteiger partial charge in [0.2, 0.25) is 0 Å². The molecule has 0 aliphatic carbocycles. The zero-order valence-electron chi connectivity index (χ0n) is 17.7. The summed E-state index contributed by atoms with van der Waals surface area (Å²) >= 11 is 0. The van der Waals surface area contributed by atoms with Crippen molar-refractivity contribution in [2.45, 2.75) is 39.6 Å². The van der Waals surface area contributed by atoms with Crippen LogP contribution < -0.4 is 5.46 Å². The Morgan fingerprint density at radius 2 is 1.41 bits per heavy atom. The second-order valence-corrected chi connectivity index (χ2v) is 9.52. The second kappa shape index (κ2) is 6.47. The Hall–Kier alpha value is -2.58. The number of rotatable bonds is 2. The lowest BCUT2D eigenvalue weighted by Gasteiger charge is -2.34. The predicted molar refractivity (Wildman–Crippen MR) is 126 cm³/mol. The van der Waals surface area contributed by atoms with Gasteiger partial charge in [0.25, 0.3) is 0 Å². The molecule has 4 aromatic carbocycles. The van der Waals surface area contributed by atoms with Crippen LogP contribution in [0, 0.1) is 5.41 Å². The van der Waals surface area contributed by atoms with Gasteiger partial charge in [0.1, 0.15) is 0 Å². The quantitative estimate of drug-likeness (QED) is 0.279. The smallest absolute Gasteiger partial charge is 0.327 e. The molecule has 4 aromatic rings. The van der Waals surface area contributed by atoms with E-state index in [1.54, 1.807) is 0 Å². The molecule has 0 spiro atoms. The molecular weight excluding hydrogens is 351 g/mol. The van der Waals surface area contributed by atoms with Crippen molar-refractivity contribution in [1.82, 2.24) is 0 Å². The molecule has 1 aliphatic rings. The van der Waals surface area contributed by atoms with Crippen LogP contribution in [0.2, 0.25) is 6.32 Å². The molecule has 0 unspecified atom stereocenters. The molecule has 1 nitrogen and oxygen atoms in total. The van der Waals surface area contributed by atoms with Crippen LogP contribution in [0.4, 0.5) is 0 Å². The molecular formula is C27H27BO. The van der Waals surface area contributed by atoms with Crippen LogP contribution in [-0.2, 0) is 4.65 Å². The molecule has 1 heterocycles. The van der Waals surface area contributed by atoms with Gasteiger partial charge in [0.15, 0.2) is 0 Å². The highest BCUT2D eigenvalue weighted by atomic mass is 16.5. The second-order valence-electron chi connectivity index (χ2n) is 9.52. The van der Waals surface area contributed by atoms with E-state index in [1.165, 1.54) is 38.1 Å². The third-order valence-corrected chi connectivity index (χ3v) is 7.10. The maximum atomic E-state index is 6.50. The van der Waals surface area contributed by atoms with Crippen LogP contribution >= 0.6 is 0 Å². The molecule has 29 heavy (non-hydrogen) atoms. The van der Waals surface area contributed by atoms with Crippen molar-refractivity contribution < 1.29 is 4.65 Å². The Morgan fingerprint density at radius 3 is 2.10 bits per heavy atom. The van der Waals surface area contributed by atoms with Crippen LogP contribution in [-0.4, -0.2) is 12.5 Å². The van der Waals surface area contributed by atoms with E-state index in [-0.39, 0.29) is 17.9 Å². The fourth-order valence-corrected chi connectivity index (χ4v) is 4.63. The first kappa shape index (κ1) is 18.5. The first-order chi connectivity index (χ1) is 13.9. The Labute approximate surface area is 173 Å². The van der Waals surface area contributed by atoms with Crippen molar-refractivity contribution in [1.29, 1.82) is 0 Å². The largest absolute Gasteiger partial charge is 0.426 e. The molecule has 0 N–H and O–H groups in total. The predicted octanol–water partition coefficient (Wildman–Crippen LogP) is 6.69. The van der Waals surface area contributed by atoms with Gasteiger partial charge in [-0.2, -0.15) is 0 Å². The van der Waals surface area contributed by atoms with Crippen molar-refractivity contribution in [3.8, 4) is 11.1 Å². The summed E-state index contributed by atoms with van der Waals surface area (Å²) in [5, 5.41) is 5.20. The maximum absolute atomic E-state index is 6.50. The highest BCUT2D eigenvalue weighted by Crippen LogP contribution is 2.45.